The van der Waals surface area contributed by atoms with E-state index in [0.717, 1.165) is 24.8 Å². The molecule has 14 heavy (non-hydrogen) atoms. The normalized spacial score (nSPS) is 25.9. The van der Waals surface area contributed by atoms with Crippen molar-refractivity contribution >= 4 is 0 Å². The highest BCUT2D eigenvalue weighted by atomic mass is 16.3. The minimum Gasteiger partial charge on any atom is -0.385 e. The van der Waals surface area contributed by atoms with Gasteiger partial charge in [-0.2, -0.15) is 0 Å². The first-order valence-corrected chi connectivity index (χ1v) is 5.27. The third-order valence-corrected chi connectivity index (χ3v) is 3.11. The smallest absolute Gasteiger partial charge is 0.0911 e. The van der Waals surface area contributed by atoms with Crippen LogP contribution in [0, 0.1) is 0 Å². The maximum atomic E-state index is 10.4. The Morgan fingerprint density at radius 1 is 1.36 bits per heavy atom. The largest absolute Gasteiger partial charge is 0.385 e. The Kier molecular flexibility index (Phi) is 2.57. The van der Waals surface area contributed by atoms with E-state index in [1.807, 2.05) is 18.2 Å². The Bertz CT molecular complexity index is 324. The molecule has 3 N–H and O–H groups in total. The molecule has 0 aromatic heterocycles. The van der Waals surface area contributed by atoms with E-state index in [-0.39, 0.29) is 0 Å². The Hall–Kier alpha value is -0.860. The number of aryl methyl sites for hydroxylation is 1. The van der Waals surface area contributed by atoms with E-state index in [1.54, 1.807) is 0 Å². The molecule has 2 nitrogen and oxygen atoms in total. The third kappa shape index (κ3) is 1.56. The lowest BCUT2D eigenvalue weighted by atomic mass is 9.77. The van der Waals surface area contributed by atoms with Gasteiger partial charge < -0.3 is 10.8 Å². The van der Waals surface area contributed by atoms with Gasteiger partial charge in [0.2, 0.25) is 0 Å². The van der Waals surface area contributed by atoms with Crippen molar-refractivity contribution in [1.82, 2.24) is 0 Å². The van der Waals surface area contributed by atoms with Crippen molar-refractivity contribution in [2.24, 2.45) is 5.73 Å². The first-order valence-electron chi connectivity index (χ1n) is 5.27. The SMILES string of the molecule is NCCC1(O)CCCc2ccccc21. The molecule has 2 rings (SSSR count). The van der Waals surface area contributed by atoms with Crippen molar-refractivity contribution < 1.29 is 5.11 Å². The van der Waals surface area contributed by atoms with Gasteiger partial charge in [-0.05, 0) is 43.4 Å². The fraction of sp³-hybridized carbons (Fsp3) is 0.500. The minimum absolute atomic E-state index is 0.546. The molecular formula is C12H17NO. The summed E-state index contributed by atoms with van der Waals surface area (Å²) < 4.78 is 0. The fourth-order valence-electron chi connectivity index (χ4n) is 2.40. The lowest BCUT2D eigenvalue weighted by Gasteiger charge is -2.34. The Labute approximate surface area is 84.7 Å². The van der Waals surface area contributed by atoms with Crippen LogP contribution in [-0.4, -0.2) is 11.7 Å². The van der Waals surface area contributed by atoms with Crippen LogP contribution in [0.1, 0.15) is 30.4 Å². The van der Waals surface area contributed by atoms with Crippen LogP contribution in [0.2, 0.25) is 0 Å². The molecular weight excluding hydrogens is 174 g/mol. The predicted octanol–water partition coefficient (Wildman–Crippen LogP) is 1.56. The summed E-state index contributed by atoms with van der Waals surface area (Å²) >= 11 is 0. The predicted molar refractivity (Wildman–Crippen MR) is 56.9 cm³/mol. The van der Waals surface area contributed by atoms with E-state index >= 15 is 0 Å². The monoisotopic (exact) mass is 191 g/mol. The lowest BCUT2D eigenvalue weighted by Crippen LogP contribution is -2.32. The van der Waals surface area contributed by atoms with Gasteiger partial charge in [0.05, 0.1) is 5.60 Å². The van der Waals surface area contributed by atoms with E-state index in [4.69, 9.17) is 5.73 Å². The molecule has 1 aromatic rings. The van der Waals surface area contributed by atoms with Crippen LogP contribution < -0.4 is 5.73 Å². The van der Waals surface area contributed by atoms with Gasteiger partial charge in [0.15, 0.2) is 0 Å². The minimum atomic E-state index is -0.663. The van der Waals surface area contributed by atoms with Gasteiger partial charge in [-0.1, -0.05) is 24.3 Å². The van der Waals surface area contributed by atoms with Crippen molar-refractivity contribution in [2.75, 3.05) is 6.54 Å². The van der Waals surface area contributed by atoms with Crippen LogP contribution in [0.15, 0.2) is 24.3 Å². The molecule has 0 bridgehead atoms. The average molecular weight is 191 g/mol. The number of fused-ring (bicyclic) bond motifs is 1. The van der Waals surface area contributed by atoms with Gasteiger partial charge in [0.1, 0.15) is 0 Å². The van der Waals surface area contributed by atoms with Crippen molar-refractivity contribution in [2.45, 2.75) is 31.3 Å². The van der Waals surface area contributed by atoms with Gasteiger partial charge in [-0.25, -0.2) is 0 Å². The molecule has 76 valence electrons. The molecule has 0 amide bonds. The summed E-state index contributed by atoms with van der Waals surface area (Å²) in [7, 11) is 0. The summed E-state index contributed by atoms with van der Waals surface area (Å²) in [5, 5.41) is 10.4. The summed E-state index contributed by atoms with van der Waals surface area (Å²) in [5.74, 6) is 0. The maximum Gasteiger partial charge on any atom is 0.0911 e. The lowest BCUT2D eigenvalue weighted by molar-refractivity contribution is 0.0125. The second kappa shape index (κ2) is 3.71. The Morgan fingerprint density at radius 2 is 2.14 bits per heavy atom. The molecule has 1 aliphatic carbocycles. The average Bonchev–Trinajstić information content (AvgIpc) is 2.19. The molecule has 0 radical (unpaired) electrons. The van der Waals surface area contributed by atoms with Crippen LogP contribution in [0.3, 0.4) is 0 Å². The van der Waals surface area contributed by atoms with Crippen LogP contribution in [0.5, 0.6) is 0 Å². The van der Waals surface area contributed by atoms with Crippen molar-refractivity contribution in [1.29, 1.82) is 0 Å². The number of hydrogen-bond acceptors (Lipinski definition) is 2. The molecule has 1 aliphatic rings. The molecule has 0 saturated carbocycles. The summed E-state index contributed by atoms with van der Waals surface area (Å²) in [6, 6.07) is 8.17. The maximum absolute atomic E-state index is 10.4. The molecule has 2 heteroatoms. The summed E-state index contributed by atoms with van der Waals surface area (Å²) in [6.07, 6.45) is 3.67. The van der Waals surface area contributed by atoms with Gasteiger partial charge in [-0.3, -0.25) is 0 Å². The zero-order valence-electron chi connectivity index (χ0n) is 8.37. The van der Waals surface area contributed by atoms with E-state index in [0.29, 0.717) is 13.0 Å². The van der Waals surface area contributed by atoms with Crippen molar-refractivity contribution in [3.63, 3.8) is 0 Å². The molecule has 0 aliphatic heterocycles. The first-order chi connectivity index (χ1) is 6.76. The number of benzene rings is 1. The quantitative estimate of drug-likeness (QED) is 0.745. The molecule has 0 spiro atoms. The van der Waals surface area contributed by atoms with Gasteiger partial charge in [-0.15, -0.1) is 0 Å². The van der Waals surface area contributed by atoms with Crippen LogP contribution >= 0.6 is 0 Å². The van der Waals surface area contributed by atoms with Crippen LogP contribution in [0.4, 0.5) is 0 Å². The van der Waals surface area contributed by atoms with Gasteiger partial charge in [0, 0.05) is 0 Å². The van der Waals surface area contributed by atoms with E-state index in [2.05, 4.69) is 6.07 Å². The van der Waals surface area contributed by atoms with E-state index in [9.17, 15) is 5.11 Å². The van der Waals surface area contributed by atoms with Crippen molar-refractivity contribution in [3.05, 3.63) is 35.4 Å². The molecule has 1 aromatic carbocycles. The summed E-state index contributed by atoms with van der Waals surface area (Å²) in [4.78, 5) is 0. The number of aliphatic hydroxyl groups is 1. The number of nitrogens with two attached hydrogens (primary N) is 1. The number of hydrogen-bond donors (Lipinski definition) is 2. The second-order valence-corrected chi connectivity index (χ2v) is 4.08. The van der Waals surface area contributed by atoms with E-state index < -0.39 is 5.60 Å². The highest BCUT2D eigenvalue weighted by molar-refractivity contribution is 5.34. The zero-order valence-corrected chi connectivity index (χ0v) is 8.37. The summed E-state index contributed by atoms with van der Waals surface area (Å²) in [5.41, 5.74) is 7.26. The second-order valence-electron chi connectivity index (χ2n) is 4.08. The topological polar surface area (TPSA) is 46.2 Å². The Morgan fingerprint density at radius 3 is 2.93 bits per heavy atom. The van der Waals surface area contributed by atoms with Gasteiger partial charge in [0.25, 0.3) is 0 Å². The summed E-state index contributed by atoms with van der Waals surface area (Å²) in [6.45, 7) is 0.546. The molecule has 0 fully saturated rings. The Balaban J connectivity index is 2.39. The van der Waals surface area contributed by atoms with Crippen LogP contribution in [0.25, 0.3) is 0 Å². The standard InChI is InChI=1S/C12H17NO/c13-9-8-12(14)7-3-5-10-4-1-2-6-11(10)12/h1-2,4,6,14H,3,5,7-9,13H2. The molecule has 0 heterocycles. The number of rotatable bonds is 2. The molecule has 0 saturated heterocycles. The van der Waals surface area contributed by atoms with Gasteiger partial charge >= 0.3 is 0 Å². The van der Waals surface area contributed by atoms with Crippen molar-refractivity contribution in [3.8, 4) is 0 Å². The van der Waals surface area contributed by atoms with E-state index in [1.165, 1.54) is 5.56 Å². The third-order valence-electron chi connectivity index (χ3n) is 3.11. The highest BCUT2D eigenvalue weighted by Crippen LogP contribution is 2.37. The fourth-order valence-corrected chi connectivity index (χ4v) is 2.40. The van der Waals surface area contributed by atoms with Crippen LogP contribution in [-0.2, 0) is 12.0 Å². The first kappa shape index (κ1) is 9.69. The highest BCUT2D eigenvalue weighted by Gasteiger charge is 2.32. The zero-order chi connectivity index (χ0) is 10.0. The molecule has 1 unspecified atom stereocenters. The molecule has 1 atom stereocenters.